The number of phenols is 1. The van der Waals surface area contributed by atoms with Crippen LogP contribution in [-0.4, -0.2) is 19.7 Å². The lowest BCUT2D eigenvalue weighted by atomic mass is 10.0. The zero-order valence-electron chi connectivity index (χ0n) is 10.7. The molecule has 0 aliphatic heterocycles. The van der Waals surface area contributed by atoms with Crippen LogP contribution in [0.3, 0.4) is 0 Å². The molecule has 5 heteroatoms. The van der Waals surface area contributed by atoms with Crippen LogP contribution in [0.1, 0.15) is 17.7 Å². The van der Waals surface area contributed by atoms with Gasteiger partial charge in [0.1, 0.15) is 5.75 Å². The zero-order chi connectivity index (χ0) is 13.7. The van der Waals surface area contributed by atoms with Gasteiger partial charge in [-0.15, -0.1) is 0 Å². The van der Waals surface area contributed by atoms with Crippen molar-refractivity contribution in [2.75, 3.05) is 0 Å². The smallest absolute Gasteiger partial charge is 0.155 e. The highest BCUT2D eigenvalue weighted by Crippen LogP contribution is 2.34. The first-order valence-electron chi connectivity index (χ1n) is 6.58. The van der Waals surface area contributed by atoms with Crippen LogP contribution in [-0.2, 0) is 12.8 Å². The molecule has 2 aromatic heterocycles. The largest absolute Gasteiger partial charge is 0.507 e. The predicted molar refractivity (Wildman–Crippen MR) is 84.8 cm³/mol. The number of hydrogen-bond donors (Lipinski definition) is 1. The second-order valence-electron chi connectivity index (χ2n) is 5.01. The Bertz CT molecular complexity index is 825. The van der Waals surface area contributed by atoms with Crippen LogP contribution in [0.15, 0.2) is 30.5 Å². The average Bonchev–Trinajstić information content (AvgIpc) is 3.07. The molecule has 0 saturated carbocycles. The molecule has 3 aromatic rings. The number of aromatic nitrogens is 3. The molecule has 0 fully saturated rings. The minimum absolute atomic E-state index is 0.316. The van der Waals surface area contributed by atoms with E-state index in [9.17, 15) is 5.11 Å². The quantitative estimate of drug-likeness (QED) is 0.663. The third-order valence-corrected chi connectivity index (χ3v) is 4.64. The lowest BCUT2D eigenvalue weighted by molar-refractivity contribution is 0.471. The van der Waals surface area contributed by atoms with Crippen LogP contribution in [0.2, 0.25) is 0 Å². The highest BCUT2D eigenvalue weighted by atomic mass is 127. The first kappa shape index (κ1) is 12.1. The van der Waals surface area contributed by atoms with Gasteiger partial charge in [-0.2, -0.15) is 5.10 Å². The summed E-state index contributed by atoms with van der Waals surface area (Å²) < 4.78 is 2.76. The number of aryl methyl sites for hydroxylation is 1. The van der Waals surface area contributed by atoms with Crippen LogP contribution in [0.25, 0.3) is 16.9 Å². The monoisotopic (exact) mass is 377 g/mol. The van der Waals surface area contributed by atoms with Crippen molar-refractivity contribution in [3.63, 3.8) is 0 Å². The Labute approximate surface area is 129 Å². The number of fused-ring (bicyclic) bond motifs is 2. The summed E-state index contributed by atoms with van der Waals surface area (Å²) in [6.45, 7) is 0. The van der Waals surface area contributed by atoms with Crippen molar-refractivity contribution in [2.24, 2.45) is 0 Å². The number of aromatic hydroxyl groups is 1. The van der Waals surface area contributed by atoms with Crippen LogP contribution in [0, 0.1) is 3.57 Å². The van der Waals surface area contributed by atoms with Gasteiger partial charge >= 0.3 is 0 Å². The van der Waals surface area contributed by atoms with Gasteiger partial charge < -0.3 is 5.11 Å². The van der Waals surface area contributed by atoms with Gasteiger partial charge in [0.05, 0.1) is 15.5 Å². The lowest BCUT2D eigenvalue weighted by Crippen LogP contribution is -2.03. The van der Waals surface area contributed by atoms with Crippen molar-refractivity contribution < 1.29 is 5.11 Å². The molecule has 100 valence electrons. The summed E-state index contributed by atoms with van der Waals surface area (Å²) in [6, 6.07) is 7.64. The van der Waals surface area contributed by atoms with Crippen molar-refractivity contribution in [2.45, 2.75) is 19.3 Å². The van der Waals surface area contributed by atoms with E-state index in [0.717, 1.165) is 39.7 Å². The SMILES string of the molecule is Oc1ccc(-c2c3c(nc4ccnn24)CCC3)cc1I. The van der Waals surface area contributed by atoms with Crippen LogP contribution < -0.4 is 0 Å². The standard InChI is InChI=1S/C15H12IN3O/c16-11-8-9(4-5-13(11)20)15-10-2-1-3-12(10)18-14-6-7-17-19(14)15/h4-8,20H,1-3H2. The van der Waals surface area contributed by atoms with Gasteiger partial charge in [-0.25, -0.2) is 9.50 Å². The zero-order valence-corrected chi connectivity index (χ0v) is 12.8. The molecular formula is C15H12IN3O. The van der Waals surface area contributed by atoms with E-state index >= 15 is 0 Å². The molecule has 0 saturated heterocycles. The molecule has 1 aliphatic carbocycles. The maximum atomic E-state index is 9.72. The van der Waals surface area contributed by atoms with Crippen molar-refractivity contribution in [3.05, 3.63) is 45.3 Å². The Hall–Kier alpha value is -1.63. The molecule has 20 heavy (non-hydrogen) atoms. The summed E-state index contributed by atoms with van der Waals surface area (Å²) in [5, 5.41) is 14.1. The van der Waals surface area contributed by atoms with Gasteiger partial charge in [-0.05, 0) is 60.1 Å². The molecular weight excluding hydrogens is 365 g/mol. The fraction of sp³-hybridized carbons (Fsp3) is 0.200. The first-order valence-corrected chi connectivity index (χ1v) is 7.66. The van der Waals surface area contributed by atoms with E-state index in [4.69, 9.17) is 4.98 Å². The van der Waals surface area contributed by atoms with Crippen LogP contribution >= 0.6 is 22.6 Å². The molecule has 0 spiro atoms. The van der Waals surface area contributed by atoms with E-state index < -0.39 is 0 Å². The van der Waals surface area contributed by atoms with Crippen molar-refractivity contribution >= 4 is 28.2 Å². The summed E-state index contributed by atoms with van der Waals surface area (Å²) in [4.78, 5) is 4.69. The van der Waals surface area contributed by atoms with Gasteiger partial charge in [0.2, 0.25) is 0 Å². The third kappa shape index (κ3) is 1.72. The van der Waals surface area contributed by atoms with Crippen LogP contribution in [0.5, 0.6) is 5.75 Å². The second kappa shape index (κ2) is 4.44. The molecule has 0 amide bonds. The Balaban J connectivity index is 2.07. The van der Waals surface area contributed by atoms with Crippen molar-refractivity contribution in [3.8, 4) is 17.0 Å². The molecule has 0 unspecified atom stereocenters. The summed E-state index contributed by atoms with van der Waals surface area (Å²) >= 11 is 2.15. The first-order chi connectivity index (χ1) is 9.74. The van der Waals surface area contributed by atoms with Gasteiger partial charge in [0.15, 0.2) is 5.65 Å². The van der Waals surface area contributed by atoms with Gasteiger partial charge in [0.25, 0.3) is 0 Å². The molecule has 1 aliphatic rings. The van der Waals surface area contributed by atoms with E-state index in [-0.39, 0.29) is 0 Å². The molecule has 0 atom stereocenters. The highest BCUT2D eigenvalue weighted by Gasteiger charge is 2.21. The molecule has 0 bridgehead atoms. The van der Waals surface area contributed by atoms with Crippen molar-refractivity contribution in [1.82, 2.24) is 14.6 Å². The van der Waals surface area contributed by atoms with E-state index in [1.807, 2.05) is 22.7 Å². The summed E-state index contributed by atoms with van der Waals surface area (Å²) in [5.41, 5.74) is 5.58. The third-order valence-electron chi connectivity index (χ3n) is 3.78. The molecule has 0 radical (unpaired) electrons. The Kier molecular flexibility index (Phi) is 2.70. The molecule has 1 aromatic carbocycles. The maximum absolute atomic E-state index is 9.72. The fourth-order valence-electron chi connectivity index (χ4n) is 2.88. The number of halogens is 1. The Morgan fingerprint density at radius 3 is 2.95 bits per heavy atom. The van der Waals surface area contributed by atoms with Gasteiger partial charge in [0, 0.05) is 22.9 Å². The number of rotatable bonds is 1. The second-order valence-corrected chi connectivity index (χ2v) is 6.17. The van der Waals surface area contributed by atoms with E-state index in [1.165, 1.54) is 11.3 Å². The average molecular weight is 377 g/mol. The molecule has 4 rings (SSSR count). The summed E-state index contributed by atoms with van der Waals surface area (Å²) in [7, 11) is 0. The minimum Gasteiger partial charge on any atom is -0.507 e. The normalized spacial score (nSPS) is 13.8. The van der Waals surface area contributed by atoms with Crippen LogP contribution in [0.4, 0.5) is 0 Å². The van der Waals surface area contributed by atoms with E-state index in [0.29, 0.717) is 5.75 Å². The fourth-order valence-corrected chi connectivity index (χ4v) is 3.39. The number of benzene rings is 1. The lowest BCUT2D eigenvalue weighted by Gasteiger charge is -2.11. The Morgan fingerprint density at radius 1 is 1.20 bits per heavy atom. The summed E-state index contributed by atoms with van der Waals surface area (Å²) in [5.74, 6) is 0.316. The Morgan fingerprint density at radius 2 is 2.10 bits per heavy atom. The molecule has 2 heterocycles. The highest BCUT2D eigenvalue weighted by molar-refractivity contribution is 14.1. The van der Waals surface area contributed by atoms with Crippen molar-refractivity contribution in [1.29, 1.82) is 0 Å². The summed E-state index contributed by atoms with van der Waals surface area (Å²) in [6.07, 6.45) is 5.02. The van der Waals surface area contributed by atoms with Gasteiger partial charge in [-0.3, -0.25) is 0 Å². The topological polar surface area (TPSA) is 50.4 Å². The predicted octanol–water partition coefficient (Wildman–Crippen LogP) is 3.20. The molecule has 1 N–H and O–H groups in total. The maximum Gasteiger partial charge on any atom is 0.155 e. The minimum atomic E-state index is 0.316. The van der Waals surface area contributed by atoms with E-state index in [2.05, 4.69) is 27.7 Å². The number of phenolic OH excluding ortho intramolecular Hbond substituents is 1. The number of nitrogens with zero attached hydrogens (tertiary/aromatic N) is 3. The van der Waals surface area contributed by atoms with E-state index in [1.54, 1.807) is 12.3 Å². The van der Waals surface area contributed by atoms with Gasteiger partial charge in [-0.1, -0.05) is 0 Å². The number of hydrogen-bond acceptors (Lipinski definition) is 3. The molecule has 4 nitrogen and oxygen atoms in total.